The molecule has 2 unspecified atom stereocenters. The molecule has 2 rings (SSSR count). The molecular formula is C12H22N6O2. The van der Waals surface area contributed by atoms with E-state index in [1.807, 2.05) is 13.8 Å². The van der Waals surface area contributed by atoms with Crippen molar-refractivity contribution in [3.05, 3.63) is 0 Å². The van der Waals surface area contributed by atoms with Crippen molar-refractivity contribution in [3.63, 3.8) is 0 Å². The lowest BCUT2D eigenvalue weighted by Gasteiger charge is -2.20. The summed E-state index contributed by atoms with van der Waals surface area (Å²) in [6.07, 6.45) is 3.20. The zero-order chi connectivity index (χ0) is 14.4. The van der Waals surface area contributed by atoms with Crippen LogP contribution in [0.5, 0.6) is 6.01 Å². The van der Waals surface area contributed by atoms with E-state index in [9.17, 15) is 0 Å². The van der Waals surface area contributed by atoms with Gasteiger partial charge >= 0.3 is 6.01 Å². The molecule has 112 valence electrons. The van der Waals surface area contributed by atoms with E-state index in [2.05, 4.69) is 25.7 Å². The van der Waals surface area contributed by atoms with E-state index in [4.69, 9.17) is 15.3 Å². The van der Waals surface area contributed by atoms with Crippen LogP contribution in [-0.4, -0.2) is 40.3 Å². The molecule has 8 heteroatoms. The van der Waals surface area contributed by atoms with Crippen LogP contribution in [0.2, 0.25) is 0 Å². The van der Waals surface area contributed by atoms with Crippen molar-refractivity contribution in [2.45, 2.75) is 45.3 Å². The molecule has 0 radical (unpaired) electrons. The minimum absolute atomic E-state index is 0.115. The molecule has 1 fully saturated rings. The molecule has 20 heavy (non-hydrogen) atoms. The number of aromatic nitrogens is 3. The molecule has 0 aromatic carbocycles. The molecule has 1 saturated heterocycles. The first kappa shape index (κ1) is 14.7. The van der Waals surface area contributed by atoms with Gasteiger partial charge in [0.05, 0.1) is 18.8 Å². The van der Waals surface area contributed by atoms with E-state index in [0.29, 0.717) is 12.6 Å². The lowest BCUT2D eigenvalue weighted by Crippen LogP contribution is -2.31. The molecule has 1 aliphatic heterocycles. The van der Waals surface area contributed by atoms with Crippen LogP contribution in [-0.2, 0) is 4.74 Å². The van der Waals surface area contributed by atoms with E-state index in [-0.39, 0.29) is 24.1 Å². The summed E-state index contributed by atoms with van der Waals surface area (Å²) in [5.74, 6) is 6.06. The molecular weight excluding hydrogens is 260 g/mol. The second kappa shape index (κ2) is 7.20. The summed E-state index contributed by atoms with van der Waals surface area (Å²) in [4.78, 5) is 12.4. The Labute approximate surface area is 118 Å². The van der Waals surface area contributed by atoms with Crippen molar-refractivity contribution in [1.29, 1.82) is 0 Å². The van der Waals surface area contributed by atoms with Crippen molar-refractivity contribution < 1.29 is 9.47 Å². The number of ether oxygens (including phenoxy) is 2. The number of hydrazine groups is 1. The monoisotopic (exact) mass is 282 g/mol. The van der Waals surface area contributed by atoms with E-state index in [1.54, 1.807) is 0 Å². The van der Waals surface area contributed by atoms with Crippen LogP contribution in [0.3, 0.4) is 0 Å². The fraction of sp³-hybridized carbons (Fsp3) is 0.750. The quantitative estimate of drug-likeness (QED) is 0.500. The maximum Gasteiger partial charge on any atom is 0.323 e. The predicted octanol–water partition coefficient (Wildman–Crippen LogP) is 0.925. The molecule has 0 spiro atoms. The lowest BCUT2D eigenvalue weighted by molar-refractivity contribution is 0.0994. The normalized spacial score (nSPS) is 19.6. The van der Waals surface area contributed by atoms with Gasteiger partial charge in [0.15, 0.2) is 0 Å². The zero-order valence-corrected chi connectivity index (χ0v) is 11.9. The number of rotatable bonds is 7. The average molecular weight is 282 g/mol. The molecule has 1 aromatic rings. The highest BCUT2D eigenvalue weighted by atomic mass is 16.5. The highest BCUT2D eigenvalue weighted by Crippen LogP contribution is 2.19. The van der Waals surface area contributed by atoms with Gasteiger partial charge in [0.25, 0.3) is 0 Å². The number of anilines is 2. The van der Waals surface area contributed by atoms with Crippen molar-refractivity contribution in [1.82, 2.24) is 15.0 Å². The molecule has 8 nitrogen and oxygen atoms in total. The van der Waals surface area contributed by atoms with Crippen molar-refractivity contribution in [3.8, 4) is 6.01 Å². The molecule has 0 amide bonds. The molecule has 0 saturated carbocycles. The lowest BCUT2D eigenvalue weighted by atomic mass is 10.1. The van der Waals surface area contributed by atoms with Gasteiger partial charge in [0, 0.05) is 6.61 Å². The summed E-state index contributed by atoms with van der Waals surface area (Å²) in [5, 5.41) is 3.21. The number of hydrogen-bond acceptors (Lipinski definition) is 8. The third-order valence-electron chi connectivity index (χ3n) is 3.06. The first-order valence-corrected chi connectivity index (χ1v) is 6.96. The molecule has 1 aromatic heterocycles. The molecule has 2 atom stereocenters. The third-order valence-corrected chi connectivity index (χ3v) is 3.06. The molecule has 0 bridgehead atoms. The van der Waals surface area contributed by atoms with Crippen LogP contribution >= 0.6 is 0 Å². The zero-order valence-electron chi connectivity index (χ0n) is 11.9. The van der Waals surface area contributed by atoms with Crippen LogP contribution in [0, 0.1) is 0 Å². The van der Waals surface area contributed by atoms with E-state index >= 15 is 0 Å². The Morgan fingerprint density at radius 2 is 2.20 bits per heavy atom. The molecule has 0 aliphatic carbocycles. The fourth-order valence-corrected chi connectivity index (χ4v) is 2.04. The fourth-order valence-electron chi connectivity index (χ4n) is 2.04. The average Bonchev–Trinajstić information content (AvgIpc) is 2.99. The van der Waals surface area contributed by atoms with Gasteiger partial charge in [-0.05, 0) is 26.2 Å². The predicted molar refractivity (Wildman–Crippen MR) is 75.5 cm³/mol. The highest BCUT2D eigenvalue weighted by Gasteiger charge is 2.23. The molecule has 2 heterocycles. The number of nitrogen functional groups attached to an aromatic ring is 1. The van der Waals surface area contributed by atoms with E-state index in [1.165, 1.54) is 0 Å². The topological polar surface area (TPSA) is 107 Å². The van der Waals surface area contributed by atoms with Gasteiger partial charge in [-0.3, -0.25) is 5.43 Å². The summed E-state index contributed by atoms with van der Waals surface area (Å²) in [7, 11) is 0. The van der Waals surface area contributed by atoms with Gasteiger partial charge < -0.3 is 14.8 Å². The Morgan fingerprint density at radius 1 is 1.40 bits per heavy atom. The van der Waals surface area contributed by atoms with Crippen LogP contribution in [0.1, 0.15) is 33.1 Å². The summed E-state index contributed by atoms with van der Waals surface area (Å²) in [5.41, 5.74) is 2.41. The van der Waals surface area contributed by atoms with Crippen molar-refractivity contribution in [2.75, 3.05) is 24.0 Å². The third kappa shape index (κ3) is 3.91. The smallest absolute Gasteiger partial charge is 0.323 e. The summed E-state index contributed by atoms with van der Waals surface area (Å²) in [6, 6.07) is 0.376. The van der Waals surface area contributed by atoms with Crippen LogP contribution in [0.4, 0.5) is 11.9 Å². The van der Waals surface area contributed by atoms with Gasteiger partial charge in [0.2, 0.25) is 11.9 Å². The Balaban J connectivity index is 2.04. The Bertz CT molecular complexity index is 424. The van der Waals surface area contributed by atoms with Crippen LogP contribution in [0.25, 0.3) is 0 Å². The second-order valence-electron chi connectivity index (χ2n) is 4.74. The molecule has 4 N–H and O–H groups in total. The number of nitrogens with two attached hydrogens (primary N) is 1. The van der Waals surface area contributed by atoms with Crippen LogP contribution in [0.15, 0.2) is 0 Å². The minimum atomic E-state index is 0.115. The second-order valence-corrected chi connectivity index (χ2v) is 4.74. The van der Waals surface area contributed by atoms with Gasteiger partial charge in [-0.2, -0.15) is 15.0 Å². The van der Waals surface area contributed by atoms with Gasteiger partial charge in [0.1, 0.15) is 0 Å². The Morgan fingerprint density at radius 3 is 2.85 bits per heavy atom. The maximum atomic E-state index is 5.63. The first-order valence-electron chi connectivity index (χ1n) is 6.96. The van der Waals surface area contributed by atoms with Crippen LogP contribution < -0.4 is 21.3 Å². The van der Waals surface area contributed by atoms with Gasteiger partial charge in [-0.15, -0.1) is 0 Å². The SMILES string of the molecule is CCCOc1nc(NN)nc(NC(C)C2CCCO2)n1. The van der Waals surface area contributed by atoms with E-state index in [0.717, 1.165) is 25.9 Å². The summed E-state index contributed by atoms with van der Waals surface area (Å²) in [6.45, 7) is 5.42. The first-order chi connectivity index (χ1) is 9.72. The van der Waals surface area contributed by atoms with Crippen molar-refractivity contribution >= 4 is 11.9 Å². The summed E-state index contributed by atoms with van der Waals surface area (Å²) < 4.78 is 11.0. The minimum Gasteiger partial charge on any atom is -0.463 e. The standard InChI is InChI=1S/C12H22N6O2/c1-3-6-20-12-16-10(15-11(17-12)18-13)14-8(2)9-5-4-7-19-9/h8-9H,3-7,13H2,1-2H3,(H2,14,15,16,17,18). The Kier molecular flexibility index (Phi) is 5.31. The number of hydrogen-bond donors (Lipinski definition) is 3. The number of nitrogens with zero attached hydrogens (tertiary/aromatic N) is 3. The highest BCUT2D eigenvalue weighted by molar-refractivity contribution is 5.35. The number of nitrogens with one attached hydrogen (secondary N) is 2. The van der Waals surface area contributed by atoms with E-state index < -0.39 is 0 Å². The maximum absolute atomic E-state index is 5.63. The van der Waals surface area contributed by atoms with Crippen molar-refractivity contribution in [2.24, 2.45) is 5.84 Å². The van der Waals surface area contributed by atoms with Gasteiger partial charge in [-0.25, -0.2) is 5.84 Å². The summed E-state index contributed by atoms with van der Waals surface area (Å²) >= 11 is 0. The molecule has 1 aliphatic rings. The largest absolute Gasteiger partial charge is 0.463 e. The van der Waals surface area contributed by atoms with Gasteiger partial charge in [-0.1, -0.05) is 6.92 Å². The Hall–Kier alpha value is -1.67.